The molecule has 1 rings (SSSR count). The van der Waals surface area contributed by atoms with E-state index in [0.717, 1.165) is 11.3 Å². The van der Waals surface area contributed by atoms with E-state index >= 15 is 0 Å². The zero-order valence-corrected chi connectivity index (χ0v) is 12.5. The number of carbonyl (C=O) groups is 1. The maximum absolute atomic E-state index is 11.4. The van der Waals surface area contributed by atoms with Crippen LogP contribution in [0.4, 0.5) is 0 Å². The summed E-state index contributed by atoms with van der Waals surface area (Å²) in [7, 11) is 1.58. The first-order chi connectivity index (χ1) is 9.90. The van der Waals surface area contributed by atoms with Crippen LogP contribution >= 0.6 is 0 Å². The molecule has 0 aromatic heterocycles. The third-order valence-corrected chi connectivity index (χ3v) is 2.92. The van der Waals surface area contributed by atoms with Crippen LogP contribution in [0.15, 0.2) is 24.3 Å². The summed E-state index contributed by atoms with van der Waals surface area (Å²) in [6.07, 6.45) is -1.65. The Kier molecular flexibility index (Phi) is 6.61. The topological polar surface area (TPSA) is 85.2 Å². The molecule has 2 atom stereocenters. The maximum atomic E-state index is 11.4. The predicted molar refractivity (Wildman–Crippen MR) is 75.9 cm³/mol. The molecule has 0 bridgehead atoms. The third-order valence-electron chi connectivity index (χ3n) is 2.92. The minimum absolute atomic E-state index is 0.138. The molecule has 2 N–H and O–H groups in total. The lowest BCUT2D eigenvalue weighted by molar-refractivity contribution is -0.174. The van der Waals surface area contributed by atoms with Crippen molar-refractivity contribution < 1.29 is 29.2 Å². The molecule has 6 heteroatoms. The van der Waals surface area contributed by atoms with Crippen LogP contribution in [0.2, 0.25) is 0 Å². The van der Waals surface area contributed by atoms with Gasteiger partial charge in [0, 0.05) is 0 Å². The van der Waals surface area contributed by atoms with E-state index in [9.17, 15) is 15.0 Å². The number of rotatable bonds is 8. The van der Waals surface area contributed by atoms with Crippen LogP contribution in [0.1, 0.15) is 19.4 Å². The average molecular weight is 298 g/mol. The summed E-state index contributed by atoms with van der Waals surface area (Å²) >= 11 is 0. The Bertz CT molecular complexity index is 440. The number of aliphatic hydroxyl groups excluding tert-OH is 1. The van der Waals surface area contributed by atoms with E-state index < -0.39 is 17.7 Å². The number of hydrogen-bond donors (Lipinski definition) is 2. The minimum atomic E-state index is -1.71. The molecule has 0 spiro atoms. The van der Waals surface area contributed by atoms with Gasteiger partial charge in [-0.1, -0.05) is 12.1 Å². The minimum Gasteiger partial charge on any atom is -0.497 e. The first-order valence-corrected chi connectivity index (χ1v) is 6.68. The van der Waals surface area contributed by atoms with Crippen LogP contribution in [0.3, 0.4) is 0 Å². The number of benzene rings is 1. The van der Waals surface area contributed by atoms with E-state index in [2.05, 4.69) is 4.74 Å². The van der Waals surface area contributed by atoms with Gasteiger partial charge in [-0.05, 0) is 31.5 Å². The normalized spacial score (nSPS) is 15.1. The molecule has 118 valence electrons. The zero-order chi connectivity index (χ0) is 15.9. The first-order valence-electron chi connectivity index (χ1n) is 6.68. The molecule has 6 nitrogen and oxygen atoms in total. The van der Waals surface area contributed by atoms with E-state index in [1.54, 1.807) is 26.2 Å². The van der Waals surface area contributed by atoms with Crippen molar-refractivity contribution >= 4 is 5.97 Å². The van der Waals surface area contributed by atoms with Crippen molar-refractivity contribution in [2.24, 2.45) is 0 Å². The largest absolute Gasteiger partial charge is 0.497 e. The molecule has 0 saturated heterocycles. The van der Waals surface area contributed by atoms with Crippen molar-refractivity contribution in [3.8, 4) is 5.75 Å². The van der Waals surface area contributed by atoms with E-state index in [1.807, 2.05) is 12.1 Å². The highest BCUT2D eigenvalue weighted by Gasteiger charge is 2.37. The monoisotopic (exact) mass is 298 g/mol. The summed E-state index contributed by atoms with van der Waals surface area (Å²) in [6.45, 7) is 3.13. The molecule has 0 saturated carbocycles. The van der Waals surface area contributed by atoms with Gasteiger partial charge in [0.1, 0.15) is 11.4 Å². The Labute approximate surface area is 124 Å². The van der Waals surface area contributed by atoms with Gasteiger partial charge in [0.15, 0.2) is 6.10 Å². The number of ether oxygens (including phenoxy) is 3. The van der Waals surface area contributed by atoms with E-state index in [4.69, 9.17) is 9.47 Å². The van der Waals surface area contributed by atoms with Crippen LogP contribution in [-0.4, -0.2) is 48.2 Å². The molecular formula is C15H22O6. The number of hydrogen-bond acceptors (Lipinski definition) is 6. The lowest BCUT2D eigenvalue weighted by Crippen LogP contribution is -2.48. The van der Waals surface area contributed by atoms with Crippen LogP contribution < -0.4 is 4.74 Å². The van der Waals surface area contributed by atoms with Crippen molar-refractivity contribution in [3.05, 3.63) is 29.8 Å². The van der Waals surface area contributed by atoms with Gasteiger partial charge in [-0.25, -0.2) is 4.79 Å². The third kappa shape index (κ3) is 5.34. The summed E-state index contributed by atoms with van der Waals surface area (Å²) in [4.78, 5) is 11.4. The Morgan fingerprint density at radius 2 is 1.95 bits per heavy atom. The van der Waals surface area contributed by atoms with E-state index in [1.165, 1.54) is 6.92 Å². The number of carbonyl (C=O) groups excluding carboxylic acids is 1. The molecule has 0 aliphatic carbocycles. The van der Waals surface area contributed by atoms with Gasteiger partial charge in [-0.2, -0.15) is 0 Å². The van der Waals surface area contributed by atoms with Gasteiger partial charge in [-0.15, -0.1) is 0 Å². The number of esters is 1. The molecule has 0 fully saturated rings. The van der Waals surface area contributed by atoms with E-state index in [0.29, 0.717) is 0 Å². The van der Waals surface area contributed by atoms with Crippen LogP contribution in [0.5, 0.6) is 5.75 Å². The van der Waals surface area contributed by atoms with Crippen molar-refractivity contribution in [3.63, 3.8) is 0 Å². The van der Waals surface area contributed by atoms with Gasteiger partial charge >= 0.3 is 5.97 Å². The summed E-state index contributed by atoms with van der Waals surface area (Å²) < 4.78 is 15.1. The second-order valence-electron chi connectivity index (χ2n) is 4.85. The van der Waals surface area contributed by atoms with Crippen molar-refractivity contribution in [1.29, 1.82) is 0 Å². The van der Waals surface area contributed by atoms with Crippen LogP contribution in [-0.2, 0) is 20.9 Å². The second kappa shape index (κ2) is 7.97. The first kappa shape index (κ1) is 17.4. The van der Waals surface area contributed by atoms with E-state index in [-0.39, 0.29) is 19.8 Å². The second-order valence-corrected chi connectivity index (χ2v) is 4.85. The molecule has 1 aromatic rings. The van der Waals surface area contributed by atoms with Crippen LogP contribution in [0, 0.1) is 0 Å². The Morgan fingerprint density at radius 1 is 1.33 bits per heavy atom. The van der Waals surface area contributed by atoms with Crippen molar-refractivity contribution in [2.45, 2.75) is 32.2 Å². The summed E-state index contributed by atoms with van der Waals surface area (Å²) in [5, 5.41) is 19.8. The number of methoxy groups -OCH3 is 1. The summed E-state index contributed by atoms with van der Waals surface area (Å²) in [5.74, 6) is -0.126. The molecule has 0 unspecified atom stereocenters. The summed E-state index contributed by atoms with van der Waals surface area (Å²) in [5.41, 5.74) is -0.823. The Morgan fingerprint density at radius 3 is 2.48 bits per heavy atom. The molecule has 1 aromatic carbocycles. The lowest BCUT2D eigenvalue weighted by Gasteiger charge is -2.27. The van der Waals surface area contributed by atoms with Gasteiger partial charge in [0.25, 0.3) is 0 Å². The molecule has 0 aliphatic heterocycles. The van der Waals surface area contributed by atoms with Crippen molar-refractivity contribution in [1.82, 2.24) is 0 Å². The predicted octanol–water partition coefficient (Wildman–Crippen LogP) is 0.887. The molecule has 0 radical (unpaired) electrons. The fourth-order valence-corrected chi connectivity index (χ4v) is 1.65. The molecule has 21 heavy (non-hydrogen) atoms. The highest BCUT2D eigenvalue weighted by atomic mass is 16.6. The summed E-state index contributed by atoms with van der Waals surface area (Å²) in [6, 6.07) is 7.25. The quantitative estimate of drug-likeness (QED) is 0.693. The molecular weight excluding hydrogens is 276 g/mol. The van der Waals surface area contributed by atoms with Gasteiger partial charge < -0.3 is 24.4 Å². The van der Waals surface area contributed by atoms with Crippen LogP contribution in [0.25, 0.3) is 0 Å². The Balaban J connectivity index is 2.47. The average Bonchev–Trinajstić information content (AvgIpc) is 2.47. The molecule has 0 aliphatic rings. The molecule has 0 amide bonds. The molecule has 0 heterocycles. The van der Waals surface area contributed by atoms with Crippen molar-refractivity contribution in [2.75, 3.05) is 20.3 Å². The van der Waals surface area contributed by atoms with Gasteiger partial charge in [0.05, 0.1) is 26.9 Å². The highest BCUT2D eigenvalue weighted by molar-refractivity contribution is 5.75. The zero-order valence-electron chi connectivity index (χ0n) is 12.5. The standard InChI is InChI=1S/C15H22O6/c1-4-21-14(17)13(16)15(2,18)10-20-9-11-5-7-12(19-3)8-6-11/h5-8,13,16,18H,4,9-10H2,1-3H3/t13-,15+/m1/s1. The van der Waals surface area contributed by atoms with Gasteiger partial charge in [-0.3, -0.25) is 0 Å². The maximum Gasteiger partial charge on any atom is 0.338 e. The van der Waals surface area contributed by atoms with Gasteiger partial charge in [0.2, 0.25) is 0 Å². The fourth-order valence-electron chi connectivity index (χ4n) is 1.65. The number of aliphatic hydroxyl groups is 2. The SMILES string of the molecule is CCOC(=O)[C@@H](O)[C@@](C)(O)COCc1ccc(OC)cc1. The lowest BCUT2D eigenvalue weighted by atomic mass is 10.0. The smallest absolute Gasteiger partial charge is 0.338 e. The fraction of sp³-hybridized carbons (Fsp3) is 0.533. The highest BCUT2D eigenvalue weighted by Crippen LogP contribution is 2.15. The Hall–Kier alpha value is -1.63.